The molecular weight excluding hydrogens is 270 g/mol. The van der Waals surface area contributed by atoms with E-state index in [1.165, 1.54) is 5.56 Å². The molecule has 0 fully saturated rings. The summed E-state index contributed by atoms with van der Waals surface area (Å²) >= 11 is 0. The first-order valence-electron chi connectivity index (χ1n) is 6.95. The zero-order valence-electron chi connectivity index (χ0n) is 11.9. The highest BCUT2D eigenvalue weighted by Crippen LogP contribution is 2.20. The van der Waals surface area contributed by atoms with Gasteiger partial charge in [0, 0.05) is 18.3 Å². The van der Waals surface area contributed by atoms with Gasteiger partial charge in [0.05, 0.1) is 0 Å². The summed E-state index contributed by atoms with van der Waals surface area (Å²) in [5.41, 5.74) is 3.29. The van der Waals surface area contributed by atoms with Crippen LogP contribution >= 0.6 is 0 Å². The normalized spacial score (nSPS) is 9.91. The van der Waals surface area contributed by atoms with Crippen molar-refractivity contribution in [3.63, 3.8) is 0 Å². The molecule has 0 spiro atoms. The van der Waals surface area contributed by atoms with E-state index in [9.17, 15) is 0 Å². The number of nitrogens with zero attached hydrogens (tertiary/aromatic N) is 3. The Morgan fingerprint density at radius 1 is 1.00 bits per heavy atom. The van der Waals surface area contributed by atoms with Gasteiger partial charge in [-0.3, -0.25) is 0 Å². The molecule has 0 radical (unpaired) electrons. The molecule has 3 heteroatoms. The van der Waals surface area contributed by atoms with Crippen molar-refractivity contribution in [2.24, 2.45) is 0 Å². The van der Waals surface area contributed by atoms with E-state index in [0.717, 1.165) is 23.0 Å². The molecule has 3 rings (SSSR count). The summed E-state index contributed by atoms with van der Waals surface area (Å²) in [4.78, 5) is 0. The van der Waals surface area contributed by atoms with E-state index in [4.69, 9.17) is 10.5 Å². The molecule has 0 saturated heterocycles. The van der Waals surface area contributed by atoms with Crippen molar-refractivity contribution >= 4 is 17.0 Å². The van der Waals surface area contributed by atoms with Crippen LogP contribution in [0, 0.1) is 22.7 Å². The average Bonchev–Trinajstić information content (AvgIpc) is 2.96. The Morgan fingerprint density at radius 3 is 2.50 bits per heavy atom. The van der Waals surface area contributed by atoms with Crippen molar-refractivity contribution in [1.82, 2.24) is 4.57 Å². The first kappa shape index (κ1) is 13.7. The lowest BCUT2D eigenvalue weighted by Gasteiger charge is -2.06. The standard InChI is InChI=1S/C19H13N3/c20-12-17(13-21)10-16-6-7-18-8-9-22(19(18)11-16)14-15-4-2-1-3-5-15/h1-11H,14H2. The van der Waals surface area contributed by atoms with Crippen molar-refractivity contribution in [1.29, 1.82) is 10.5 Å². The second-order valence-corrected chi connectivity index (χ2v) is 5.03. The zero-order chi connectivity index (χ0) is 15.4. The van der Waals surface area contributed by atoms with Gasteiger partial charge in [-0.05, 0) is 34.7 Å². The number of nitriles is 2. The van der Waals surface area contributed by atoms with Gasteiger partial charge in [0.25, 0.3) is 0 Å². The van der Waals surface area contributed by atoms with Gasteiger partial charge < -0.3 is 4.57 Å². The van der Waals surface area contributed by atoms with E-state index in [0.29, 0.717) is 0 Å². The van der Waals surface area contributed by atoms with Gasteiger partial charge in [0.1, 0.15) is 17.7 Å². The molecule has 22 heavy (non-hydrogen) atoms. The Hall–Kier alpha value is -3.30. The second kappa shape index (κ2) is 5.99. The summed E-state index contributed by atoms with van der Waals surface area (Å²) in [6.45, 7) is 0.793. The summed E-state index contributed by atoms with van der Waals surface area (Å²) in [5.74, 6) is 0. The van der Waals surface area contributed by atoms with E-state index in [2.05, 4.69) is 29.0 Å². The van der Waals surface area contributed by atoms with Crippen LogP contribution < -0.4 is 0 Å². The van der Waals surface area contributed by atoms with Crippen LogP contribution in [0.15, 0.2) is 66.4 Å². The molecule has 0 aliphatic heterocycles. The SMILES string of the molecule is N#CC(C#N)=Cc1ccc2ccn(Cc3ccccc3)c2c1. The first-order valence-corrected chi connectivity index (χ1v) is 6.95. The van der Waals surface area contributed by atoms with E-state index < -0.39 is 0 Å². The molecule has 0 atom stereocenters. The molecule has 0 aliphatic rings. The molecule has 0 N–H and O–H groups in total. The predicted octanol–water partition coefficient (Wildman–Crippen LogP) is 4.12. The van der Waals surface area contributed by atoms with Gasteiger partial charge in [-0.2, -0.15) is 10.5 Å². The maximum Gasteiger partial charge on any atom is 0.130 e. The fourth-order valence-electron chi connectivity index (χ4n) is 2.46. The smallest absolute Gasteiger partial charge is 0.130 e. The van der Waals surface area contributed by atoms with E-state index in [1.54, 1.807) is 6.08 Å². The van der Waals surface area contributed by atoms with E-state index in [1.807, 2.05) is 48.5 Å². The third-order valence-electron chi connectivity index (χ3n) is 3.55. The minimum Gasteiger partial charge on any atom is -0.343 e. The molecule has 1 heterocycles. The number of aromatic nitrogens is 1. The van der Waals surface area contributed by atoms with Crippen LogP contribution in [0.5, 0.6) is 0 Å². The van der Waals surface area contributed by atoms with E-state index >= 15 is 0 Å². The average molecular weight is 283 g/mol. The summed E-state index contributed by atoms with van der Waals surface area (Å²) in [6.07, 6.45) is 3.67. The van der Waals surface area contributed by atoms with Crippen molar-refractivity contribution in [2.75, 3.05) is 0 Å². The second-order valence-electron chi connectivity index (χ2n) is 5.03. The minimum absolute atomic E-state index is 0.112. The van der Waals surface area contributed by atoms with Crippen molar-refractivity contribution < 1.29 is 0 Å². The zero-order valence-corrected chi connectivity index (χ0v) is 11.9. The molecule has 0 bridgehead atoms. The molecule has 0 saturated carbocycles. The number of fused-ring (bicyclic) bond motifs is 1. The highest BCUT2D eigenvalue weighted by atomic mass is 14.9. The highest BCUT2D eigenvalue weighted by molar-refractivity contribution is 5.83. The fraction of sp³-hybridized carbons (Fsp3) is 0.0526. The predicted molar refractivity (Wildman–Crippen MR) is 86.7 cm³/mol. The molecule has 1 aromatic heterocycles. The number of rotatable bonds is 3. The third-order valence-corrected chi connectivity index (χ3v) is 3.55. The van der Waals surface area contributed by atoms with Gasteiger partial charge in [0.15, 0.2) is 0 Å². The first-order chi connectivity index (χ1) is 10.8. The summed E-state index contributed by atoms with van der Waals surface area (Å²) in [7, 11) is 0. The Balaban J connectivity index is 2.01. The van der Waals surface area contributed by atoms with Gasteiger partial charge in [-0.15, -0.1) is 0 Å². The van der Waals surface area contributed by atoms with Crippen molar-refractivity contribution in [3.8, 4) is 12.1 Å². The van der Waals surface area contributed by atoms with Crippen LogP contribution in [0.2, 0.25) is 0 Å². The molecule has 0 amide bonds. The highest BCUT2D eigenvalue weighted by Gasteiger charge is 2.03. The quantitative estimate of drug-likeness (QED) is 0.679. The number of hydrogen-bond donors (Lipinski definition) is 0. The molecular formula is C19H13N3. The number of allylic oxidation sites excluding steroid dienone is 1. The lowest BCUT2D eigenvalue weighted by molar-refractivity contribution is 0.837. The maximum absolute atomic E-state index is 8.86. The van der Waals surface area contributed by atoms with Crippen molar-refractivity contribution in [3.05, 3.63) is 77.5 Å². The Kier molecular flexibility index (Phi) is 3.72. The van der Waals surface area contributed by atoms with Crippen LogP contribution in [0.25, 0.3) is 17.0 Å². The van der Waals surface area contributed by atoms with Crippen LogP contribution in [-0.2, 0) is 6.54 Å². The van der Waals surface area contributed by atoms with E-state index in [-0.39, 0.29) is 5.57 Å². The lowest BCUT2D eigenvalue weighted by atomic mass is 10.1. The Labute approximate surface area is 129 Å². The van der Waals surface area contributed by atoms with Crippen LogP contribution in [0.1, 0.15) is 11.1 Å². The maximum atomic E-state index is 8.86. The van der Waals surface area contributed by atoms with Crippen LogP contribution in [0.4, 0.5) is 0 Å². The third kappa shape index (κ3) is 2.75. The summed E-state index contributed by atoms with van der Waals surface area (Å²) in [5, 5.41) is 18.9. The minimum atomic E-state index is 0.112. The summed E-state index contributed by atoms with van der Waals surface area (Å²) < 4.78 is 2.17. The topological polar surface area (TPSA) is 52.5 Å². The number of benzene rings is 2. The van der Waals surface area contributed by atoms with Crippen molar-refractivity contribution in [2.45, 2.75) is 6.54 Å². The number of hydrogen-bond acceptors (Lipinski definition) is 2. The molecule has 0 unspecified atom stereocenters. The van der Waals surface area contributed by atoms with Gasteiger partial charge in [-0.25, -0.2) is 0 Å². The molecule has 3 nitrogen and oxygen atoms in total. The molecule has 2 aromatic carbocycles. The largest absolute Gasteiger partial charge is 0.343 e. The Morgan fingerprint density at radius 2 is 1.77 bits per heavy atom. The van der Waals surface area contributed by atoms with Gasteiger partial charge in [0.2, 0.25) is 0 Å². The lowest BCUT2D eigenvalue weighted by Crippen LogP contribution is -1.97. The summed E-state index contributed by atoms with van der Waals surface area (Å²) in [6, 6.07) is 22.0. The van der Waals surface area contributed by atoms with Crippen LogP contribution in [-0.4, -0.2) is 4.57 Å². The molecule has 3 aromatic rings. The fourth-order valence-corrected chi connectivity index (χ4v) is 2.46. The Bertz CT molecular complexity index is 903. The van der Waals surface area contributed by atoms with Crippen LogP contribution in [0.3, 0.4) is 0 Å². The van der Waals surface area contributed by atoms with Gasteiger partial charge >= 0.3 is 0 Å². The molecule has 0 aliphatic carbocycles. The monoisotopic (exact) mass is 283 g/mol. The molecule has 104 valence electrons. The van der Waals surface area contributed by atoms with Gasteiger partial charge in [-0.1, -0.05) is 42.5 Å².